The smallest absolute Gasteiger partial charge is 0.274 e. The van der Waals surface area contributed by atoms with Gasteiger partial charge in [-0.25, -0.2) is 15.0 Å². The van der Waals surface area contributed by atoms with E-state index in [0.29, 0.717) is 0 Å². The molecule has 1 heterocycles. The summed E-state index contributed by atoms with van der Waals surface area (Å²) >= 11 is 0. The quantitative estimate of drug-likeness (QED) is 0.637. The lowest BCUT2D eigenvalue weighted by Crippen LogP contribution is -2.11. The monoisotopic (exact) mass is 284 g/mol. The number of nitrogens with zero attached hydrogens (tertiary/aromatic N) is 3. The zero-order chi connectivity index (χ0) is 14.5. The topological polar surface area (TPSA) is 47.4 Å². The summed E-state index contributed by atoms with van der Waals surface area (Å²) in [6.45, 7) is 8.02. The van der Waals surface area contributed by atoms with Crippen LogP contribution in [0.2, 0.25) is 13.1 Å². The Morgan fingerprint density at radius 3 is 2.65 bits per heavy atom. The Bertz CT molecular complexity index is 626. The van der Waals surface area contributed by atoms with Crippen LogP contribution in [-0.4, -0.2) is 24.7 Å². The third kappa shape index (κ3) is 3.74. The summed E-state index contributed by atoms with van der Waals surface area (Å²) in [6, 6.07) is 9.70. The molecule has 0 amide bonds. The van der Waals surface area contributed by atoms with Crippen LogP contribution < -0.4 is 4.43 Å². The van der Waals surface area contributed by atoms with Crippen molar-refractivity contribution in [1.29, 1.82) is 0 Å². The Balaban J connectivity index is 2.35. The van der Waals surface area contributed by atoms with Crippen molar-refractivity contribution in [3.63, 3.8) is 0 Å². The van der Waals surface area contributed by atoms with Crippen LogP contribution >= 0.6 is 0 Å². The number of aromatic nitrogens is 2. The van der Waals surface area contributed by atoms with E-state index in [4.69, 9.17) is 4.43 Å². The highest BCUT2D eigenvalue weighted by molar-refractivity contribution is 6.49. The lowest BCUT2D eigenvalue weighted by molar-refractivity contribution is 0.582. The van der Waals surface area contributed by atoms with Crippen molar-refractivity contribution in [3.05, 3.63) is 48.0 Å². The molecule has 2 rings (SSSR count). The fourth-order valence-electron chi connectivity index (χ4n) is 1.75. The summed E-state index contributed by atoms with van der Waals surface area (Å²) in [4.78, 5) is 13.1. The summed E-state index contributed by atoms with van der Waals surface area (Å²) in [5.41, 5.74) is 2.53. The van der Waals surface area contributed by atoms with Crippen LogP contribution in [0.15, 0.2) is 41.5 Å². The molecule has 0 spiro atoms. The van der Waals surface area contributed by atoms with Crippen molar-refractivity contribution in [2.45, 2.75) is 26.9 Å². The number of benzene rings is 1. The summed E-state index contributed by atoms with van der Waals surface area (Å²) in [5, 5.41) is 0. The Labute approximate surface area is 121 Å². The molecule has 0 N–H and O–H groups in total. The molecule has 0 aliphatic rings. The number of hydrogen-bond donors (Lipinski definition) is 0. The Kier molecular flexibility index (Phi) is 4.63. The van der Waals surface area contributed by atoms with E-state index < -0.39 is 9.04 Å². The minimum absolute atomic E-state index is 0.745. The van der Waals surface area contributed by atoms with Gasteiger partial charge in [0, 0.05) is 6.20 Å². The Hall–Kier alpha value is -2.01. The van der Waals surface area contributed by atoms with Crippen molar-refractivity contribution >= 4 is 20.4 Å². The van der Waals surface area contributed by atoms with Crippen LogP contribution in [0.3, 0.4) is 0 Å². The number of hydrogen-bond acceptors (Lipinski definition) is 4. The molecule has 0 saturated heterocycles. The van der Waals surface area contributed by atoms with E-state index in [1.807, 2.05) is 44.2 Å². The molecule has 0 atom stereocenters. The van der Waals surface area contributed by atoms with Gasteiger partial charge in [0.05, 0.1) is 11.4 Å². The van der Waals surface area contributed by atoms with Gasteiger partial charge in [-0.3, -0.25) is 0 Å². The first-order chi connectivity index (χ1) is 9.56. The third-order valence-corrected chi connectivity index (χ3v) is 3.24. The predicted octanol–water partition coefficient (Wildman–Crippen LogP) is 3.56. The lowest BCUT2D eigenvalue weighted by Gasteiger charge is -2.11. The highest BCUT2D eigenvalue weighted by Crippen LogP contribution is 2.28. The van der Waals surface area contributed by atoms with Crippen LogP contribution in [0.1, 0.15) is 18.4 Å². The van der Waals surface area contributed by atoms with Gasteiger partial charge in [-0.15, -0.1) is 0 Å². The minimum Gasteiger partial charge on any atom is -0.541 e. The molecule has 5 heteroatoms. The highest BCUT2D eigenvalue weighted by Gasteiger charge is 2.07. The molecule has 0 bridgehead atoms. The zero-order valence-corrected chi connectivity index (χ0v) is 13.2. The maximum absolute atomic E-state index is 5.87. The summed E-state index contributed by atoms with van der Waals surface area (Å²) in [5.74, 6) is 1.57. The molecule has 0 aliphatic heterocycles. The normalized spacial score (nSPS) is 11.8. The van der Waals surface area contributed by atoms with Gasteiger partial charge in [0.15, 0.2) is 0 Å². The summed E-state index contributed by atoms with van der Waals surface area (Å²) in [7, 11) is -0.810. The van der Waals surface area contributed by atoms with Crippen LogP contribution in [-0.2, 0) is 0 Å². The molecule has 1 aromatic carbocycles. The van der Waals surface area contributed by atoms with Crippen LogP contribution in [0.5, 0.6) is 5.75 Å². The van der Waals surface area contributed by atoms with E-state index >= 15 is 0 Å². The van der Waals surface area contributed by atoms with Crippen molar-refractivity contribution in [1.82, 2.24) is 9.97 Å². The van der Waals surface area contributed by atoms with Gasteiger partial charge in [0.25, 0.3) is 9.04 Å². The molecule has 0 fully saturated rings. The lowest BCUT2D eigenvalue weighted by atomic mass is 10.2. The molecular weight excluding hydrogens is 266 g/mol. The molecule has 0 saturated carbocycles. The third-order valence-electron chi connectivity index (χ3n) is 2.61. The zero-order valence-electron chi connectivity index (χ0n) is 12.2. The predicted molar refractivity (Wildman–Crippen MR) is 83.2 cm³/mol. The molecule has 103 valence electrons. The molecular formula is C15H18N3OSi. The largest absolute Gasteiger partial charge is 0.541 e. The van der Waals surface area contributed by atoms with Gasteiger partial charge in [-0.1, -0.05) is 12.1 Å². The second-order valence-corrected chi connectivity index (χ2v) is 6.68. The Morgan fingerprint density at radius 1 is 1.20 bits per heavy atom. The van der Waals surface area contributed by atoms with E-state index in [1.165, 1.54) is 0 Å². The maximum Gasteiger partial charge on any atom is 0.274 e. The molecule has 4 nitrogen and oxygen atoms in total. The average molecular weight is 284 g/mol. The Morgan fingerprint density at radius 2 is 1.95 bits per heavy atom. The average Bonchev–Trinajstić information content (AvgIpc) is 2.40. The second-order valence-electron chi connectivity index (χ2n) is 4.66. The van der Waals surface area contributed by atoms with Crippen molar-refractivity contribution in [3.8, 4) is 5.75 Å². The van der Waals surface area contributed by atoms with Gasteiger partial charge in [0.1, 0.15) is 17.3 Å². The van der Waals surface area contributed by atoms with Crippen molar-refractivity contribution in [2.24, 2.45) is 4.99 Å². The van der Waals surface area contributed by atoms with Crippen LogP contribution in [0.4, 0.5) is 5.69 Å². The molecule has 1 aromatic heterocycles. The number of aliphatic imine (C=N–C) groups is 1. The van der Waals surface area contributed by atoms with E-state index in [-0.39, 0.29) is 0 Å². The molecule has 20 heavy (non-hydrogen) atoms. The molecule has 1 radical (unpaired) electrons. The maximum atomic E-state index is 5.87. The minimum atomic E-state index is -0.810. The van der Waals surface area contributed by atoms with E-state index in [2.05, 4.69) is 28.1 Å². The fourth-order valence-corrected chi connectivity index (χ4v) is 2.36. The first-order valence-electron chi connectivity index (χ1n) is 6.48. The van der Waals surface area contributed by atoms with Gasteiger partial charge in [-0.2, -0.15) is 0 Å². The second kappa shape index (κ2) is 6.43. The van der Waals surface area contributed by atoms with E-state index in [1.54, 1.807) is 6.20 Å². The molecule has 0 aliphatic carbocycles. The molecule has 0 unspecified atom stereocenters. The van der Waals surface area contributed by atoms with Gasteiger partial charge in [-0.05, 0) is 45.1 Å². The highest BCUT2D eigenvalue weighted by atomic mass is 28.3. The van der Waals surface area contributed by atoms with Crippen molar-refractivity contribution in [2.75, 3.05) is 0 Å². The van der Waals surface area contributed by atoms with Gasteiger partial charge in [0.2, 0.25) is 0 Å². The first-order valence-corrected chi connectivity index (χ1v) is 8.89. The summed E-state index contributed by atoms with van der Waals surface area (Å²) < 4.78 is 5.87. The van der Waals surface area contributed by atoms with Crippen LogP contribution in [0, 0.1) is 6.92 Å². The van der Waals surface area contributed by atoms with Crippen molar-refractivity contribution < 1.29 is 4.43 Å². The number of rotatable bonds is 4. The fraction of sp³-hybridized carbons (Fsp3) is 0.267. The number of para-hydroxylation sites is 2. The van der Waals surface area contributed by atoms with E-state index in [9.17, 15) is 0 Å². The first kappa shape index (κ1) is 14.4. The molecule has 2 aromatic rings. The van der Waals surface area contributed by atoms with Gasteiger partial charge >= 0.3 is 0 Å². The standard InChI is InChI=1S/C15H18N3OSi/c1-11(13-9-10-16-12(2)18-13)17-14-7-5-6-8-15(14)19-20(3)4/h5-10H,1-4H3. The summed E-state index contributed by atoms with van der Waals surface area (Å²) in [6.07, 6.45) is 1.75. The van der Waals surface area contributed by atoms with E-state index in [0.717, 1.165) is 28.7 Å². The van der Waals surface area contributed by atoms with Crippen LogP contribution in [0.25, 0.3) is 0 Å². The van der Waals surface area contributed by atoms with Gasteiger partial charge < -0.3 is 4.43 Å². The number of aryl methyl sites for hydroxylation is 1. The SMILES string of the molecule is CC(=Nc1ccccc1O[Si](C)C)c1ccnc(C)n1.